The van der Waals surface area contributed by atoms with Crippen LogP contribution in [0.3, 0.4) is 0 Å². The molecule has 6 unspecified atom stereocenters. The Morgan fingerprint density at radius 3 is 1.79 bits per heavy atom. The molecule has 0 aromatic carbocycles. The molecule has 0 radical (unpaired) electrons. The van der Waals surface area contributed by atoms with Crippen molar-refractivity contribution < 1.29 is 63.4 Å². The van der Waals surface area contributed by atoms with E-state index in [0.717, 1.165) is 38.5 Å². The van der Waals surface area contributed by atoms with Gasteiger partial charge < -0.3 is 63.4 Å². The highest BCUT2D eigenvalue weighted by Crippen LogP contribution is 2.33. The molecule has 0 spiro atoms. The van der Waals surface area contributed by atoms with Crippen LogP contribution in [0.15, 0.2) is 0 Å². The van der Waals surface area contributed by atoms with Crippen molar-refractivity contribution in [2.45, 2.75) is 140 Å². The number of unbranched alkanes of at least 4 members (excludes halogenated alkanes) is 1. The highest BCUT2D eigenvalue weighted by atomic mass is 16.8. The second-order valence-electron chi connectivity index (χ2n) is 11.1. The first-order chi connectivity index (χ1) is 20.9. The third kappa shape index (κ3) is 12.0. The predicted molar refractivity (Wildman–Crippen MR) is 155 cm³/mol. The molecule has 2 saturated heterocycles. The van der Waals surface area contributed by atoms with Crippen LogP contribution in [0, 0.1) is 0 Å². The molecule has 2 fully saturated rings. The van der Waals surface area contributed by atoms with Crippen molar-refractivity contribution in [3.05, 3.63) is 0 Å². The van der Waals surface area contributed by atoms with Crippen LogP contribution in [-0.4, -0.2) is 146 Å². The topological polar surface area (TPSA) is 175 Å². The molecule has 0 amide bonds. The Labute approximate surface area is 256 Å². The van der Waals surface area contributed by atoms with Gasteiger partial charge in [-0.3, -0.25) is 0 Å². The minimum Gasteiger partial charge on any atom is -0.394 e. The van der Waals surface area contributed by atoms with Crippen molar-refractivity contribution in [1.82, 2.24) is 0 Å². The molecular weight excluding hydrogens is 568 g/mol. The van der Waals surface area contributed by atoms with Gasteiger partial charge in [0.15, 0.2) is 12.6 Å². The molecule has 13 heteroatoms. The Hall–Kier alpha value is -0.520. The molecule has 0 saturated carbocycles. The lowest BCUT2D eigenvalue weighted by molar-refractivity contribution is -0.370. The molecule has 0 bridgehead atoms. The van der Waals surface area contributed by atoms with E-state index in [1.165, 1.54) is 0 Å². The van der Waals surface area contributed by atoms with Gasteiger partial charge in [-0.1, -0.05) is 47.0 Å². The molecule has 256 valence electrons. The number of aliphatic hydroxyl groups excluding tert-OH is 5. The zero-order valence-corrected chi connectivity index (χ0v) is 26.5. The van der Waals surface area contributed by atoms with E-state index in [0.29, 0.717) is 19.6 Å². The number of ether oxygens (including phenoxy) is 8. The minimum atomic E-state index is -1.36. The van der Waals surface area contributed by atoms with E-state index < -0.39 is 68.0 Å². The third-order valence-electron chi connectivity index (χ3n) is 7.49. The predicted octanol–water partition coefficient (Wildman–Crippen LogP) is 0.888. The SMILES string of the molecule is CCCCOCC1O[C@H](O[C@@H]2C(CO)O[C@H](OCCC)C(OCCO)C2O)C(OCCO)C(O)[C@@H]1OC(CCC)CCC. The van der Waals surface area contributed by atoms with Gasteiger partial charge in [-0.25, -0.2) is 0 Å². The van der Waals surface area contributed by atoms with Crippen LogP contribution in [0.5, 0.6) is 0 Å². The first-order valence-electron chi connectivity index (χ1n) is 16.1. The summed E-state index contributed by atoms with van der Waals surface area (Å²) in [5, 5.41) is 52.1. The Balaban J connectivity index is 2.35. The summed E-state index contributed by atoms with van der Waals surface area (Å²) in [6.07, 6.45) is -4.91. The second kappa shape index (κ2) is 22.1. The summed E-state index contributed by atoms with van der Waals surface area (Å²) < 4.78 is 48.2. The molecule has 2 rings (SSSR count). The van der Waals surface area contributed by atoms with E-state index in [-0.39, 0.29) is 39.1 Å². The standard InChI is InChI=1S/C30H58O13/c1-5-9-15-36-19-22-26(40-20(10-6-2)11-7-3)24(35)28(38-17-13-32)30(42-22)43-25-21(18-33)41-29(39-14-8-4)27(23(25)34)37-16-12-31/h20-35H,5-19H2,1-4H3/t21?,22?,23?,24?,25-,26-,27?,28?,29+,30-/m1/s1. The van der Waals surface area contributed by atoms with Gasteiger partial charge in [-0.2, -0.15) is 0 Å². The molecule has 0 aromatic heterocycles. The first-order valence-corrected chi connectivity index (χ1v) is 16.1. The van der Waals surface area contributed by atoms with Crippen molar-refractivity contribution >= 4 is 0 Å². The van der Waals surface area contributed by atoms with E-state index in [1.807, 2.05) is 6.92 Å². The Morgan fingerprint density at radius 2 is 1.23 bits per heavy atom. The number of aliphatic hydroxyl groups is 5. The zero-order chi connectivity index (χ0) is 31.6. The van der Waals surface area contributed by atoms with Gasteiger partial charge in [0, 0.05) is 13.2 Å². The van der Waals surface area contributed by atoms with Gasteiger partial charge >= 0.3 is 0 Å². The van der Waals surface area contributed by atoms with Gasteiger partial charge in [0.1, 0.15) is 48.8 Å². The highest BCUT2D eigenvalue weighted by Gasteiger charge is 2.53. The summed E-state index contributed by atoms with van der Waals surface area (Å²) >= 11 is 0. The highest BCUT2D eigenvalue weighted by molar-refractivity contribution is 4.96. The lowest BCUT2D eigenvalue weighted by Gasteiger charge is -2.48. The van der Waals surface area contributed by atoms with Crippen LogP contribution < -0.4 is 0 Å². The molecule has 13 nitrogen and oxygen atoms in total. The van der Waals surface area contributed by atoms with Gasteiger partial charge in [-0.05, 0) is 25.7 Å². The van der Waals surface area contributed by atoms with Crippen LogP contribution in [0.1, 0.15) is 72.6 Å². The second-order valence-corrected chi connectivity index (χ2v) is 11.1. The summed E-state index contributed by atoms with van der Waals surface area (Å²) in [4.78, 5) is 0. The van der Waals surface area contributed by atoms with Crippen molar-refractivity contribution in [1.29, 1.82) is 0 Å². The van der Waals surface area contributed by atoms with Crippen molar-refractivity contribution in [2.24, 2.45) is 0 Å². The molecular formula is C30H58O13. The third-order valence-corrected chi connectivity index (χ3v) is 7.49. The summed E-state index contributed by atoms with van der Waals surface area (Å²) in [6.45, 7) is 7.81. The van der Waals surface area contributed by atoms with E-state index in [9.17, 15) is 25.5 Å². The Morgan fingerprint density at radius 1 is 0.628 bits per heavy atom. The smallest absolute Gasteiger partial charge is 0.187 e. The molecule has 10 atom stereocenters. The lowest BCUT2D eigenvalue weighted by atomic mass is 9.96. The molecule has 2 aliphatic rings. The van der Waals surface area contributed by atoms with Crippen LogP contribution in [0.4, 0.5) is 0 Å². The molecule has 5 N–H and O–H groups in total. The van der Waals surface area contributed by atoms with Gasteiger partial charge in [0.25, 0.3) is 0 Å². The molecule has 2 aliphatic heterocycles. The normalized spacial score (nSPS) is 33.3. The van der Waals surface area contributed by atoms with Gasteiger partial charge in [0.2, 0.25) is 0 Å². The van der Waals surface area contributed by atoms with Crippen molar-refractivity contribution in [3.8, 4) is 0 Å². The maximum atomic E-state index is 11.6. The van der Waals surface area contributed by atoms with Gasteiger partial charge in [-0.15, -0.1) is 0 Å². The monoisotopic (exact) mass is 626 g/mol. The van der Waals surface area contributed by atoms with Crippen LogP contribution in [0.2, 0.25) is 0 Å². The fourth-order valence-electron chi connectivity index (χ4n) is 5.36. The first kappa shape index (κ1) is 38.7. The molecule has 0 aliphatic carbocycles. The van der Waals surface area contributed by atoms with Crippen LogP contribution in [0.25, 0.3) is 0 Å². The van der Waals surface area contributed by atoms with Crippen LogP contribution in [-0.2, 0) is 37.9 Å². The minimum absolute atomic E-state index is 0.0820. The van der Waals surface area contributed by atoms with E-state index in [1.54, 1.807) is 0 Å². The van der Waals surface area contributed by atoms with Crippen molar-refractivity contribution in [2.75, 3.05) is 52.9 Å². The zero-order valence-electron chi connectivity index (χ0n) is 26.5. The largest absolute Gasteiger partial charge is 0.394 e. The average Bonchev–Trinajstić information content (AvgIpc) is 3.00. The van der Waals surface area contributed by atoms with E-state index >= 15 is 0 Å². The lowest BCUT2D eigenvalue weighted by Crippen LogP contribution is -2.66. The maximum Gasteiger partial charge on any atom is 0.187 e. The molecule has 2 heterocycles. The Bertz CT molecular complexity index is 682. The molecule has 43 heavy (non-hydrogen) atoms. The summed E-state index contributed by atoms with van der Waals surface area (Å²) in [5.41, 5.74) is 0. The van der Waals surface area contributed by atoms with Crippen LogP contribution >= 0.6 is 0 Å². The van der Waals surface area contributed by atoms with Gasteiger partial charge in [0.05, 0.1) is 45.7 Å². The summed E-state index contributed by atoms with van der Waals surface area (Å²) in [7, 11) is 0. The fourth-order valence-corrected chi connectivity index (χ4v) is 5.36. The fraction of sp³-hybridized carbons (Fsp3) is 1.00. The quantitative estimate of drug-likeness (QED) is 0.101. The van der Waals surface area contributed by atoms with E-state index in [2.05, 4.69) is 20.8 Å². The number of hydrogen-bond donors (Lipinski definition) is 5. The average molecular weight is 627 g/mol. The molecule has 0 aromatic rings. The van der Waals surface area contributed by atoms with Crippen molar-refractivity contribution in [3.63, 3.8) is 0 Å². The van der Waals surface area contributed by atoms with E-state index in [4.69, 9.17) is 37.9 Å². The number of hydrogen-bond acceptors (Lipinski definition) is 13. The summed E-state index contributed by atoms with van der Waals surface area (Å²) in [6, 6.07) is 0. The Kier molecular flexibility index (Phi) is 19.9. The summed E-state index contributed by atoms with van der Waals surface area (Å²) in [5.74, 6) is 0. The number of rotatable bonds is 23. The maximum absolute atomic E-state index is 11.6.